The SMILES string of the molecule is CCC1C(=O)NC(=O)CN1C1CCCCC1CN. The molecule has 0 bridgehead atoms. The van der Waals surface area contributed by atoms with Crippen molar-refractivity contribution in [3.8, 4) is 0 Å². The quantitative estimate of drug-likeness (QED) is 0.707. The molecule has 2 aliphatic rings. The fraction of sp³-hybridized carbons (Fsp3) is 0.846. The van der Waals surface area contributed by atoms with E-state index in [1.165, 1.54) is 12.8 Å². The number of nitrogens with zero attached hydrogens (tertiary/aromatic N) is 1. The lowest BCUT2D eigenvalue weighted by Gasteiger charge is -2.44. The van der Waals surface area contributed by atoms with Crippen molar-refractivity contribution < 1.29 is 9.59 Å². The highest BCUT2D eigenvalue weighted by Crippen LogP contribution is 2.30. The number of carbonyl (C=O) groups is 2. The van der Waals surface area contributed by atoms with Gasteiger partial charge in [-0.05, 0) is 31.7 Å². The standard InChI is InChI=1S/C13H23N3O2/c1-2-10-13(18)15-12(17)8-16(10)11-6-4-3-5-9(11)7-14/h9-11H,2-8,14H2,1H3,(H,15,17,18). The zero-order valence-corrected chi connectivity index (χ0v) is 11.0. The zero-order valence-electron chi connectivity index (χ0n) is 11.0. The summed E-state index contributed by atoms with van der Waals surface area (Å²) in [5.74, 6) is 0.104. The van der Waals surface area contributed by atoms with E-state index in [-0.39, 0.29) is 17.9 Å². The molecular weight excluding hydrogens is 230 g/mol. The van der Waals surface area contributed by atoms with Crippen LogP contribution >= 0.6 is 0 Å². The van der Waals surface area contributed by atoms with E-state index in [2.05, 4.69) is 10.2 Å². The second kappa shape index (κ2) is 5.80. The Balaban J connectivity index is 2.16. The molecular formula is C13H23N3O2. The molecule has 0 aromatic heterocycles. The summed E-state index contributed by atoms with van der Waals surface area (Å²) in [4.78, 5) is 25.6. The summed E-state index contributed by atoms with van der Waals surface area (Å²) in [5.41, 5.74) is 5.84. The monoisotopic (exact) mass is 253 g/mol. The maximum Gasteiger partial charge on any atom is 0.243 e. The van der Waals surface area contributed by atoms with Crippen molar-refractivity contribution in [1.82, 2.24) is 10.2 Å². The minimum Gasteiger partial charge on any atom is -0.330 e. The van der Waals surface area contributed by atoms with Gasteiger partial charge >= 0.3 is 0 Å². The highest BCUT2D eigenvalue weighted by Gasteiger charge is 2.39. The number of nitrogens with two attached hydrogens (primary N) is 1. The molecule has 3 atom stereocenters. The molecule has 2 rings (SSSR count). The van der Waals surface area contributed by atoms with E-state index in [9.17, 15) is 9.59 Å². The van der Waals surface area contributed by atoms with Crippen LogP contribution < -0.4 is 11.1 Å². The maximum atomic E-state index is 11.9. The lowest BCUT2D eigenvalue weighted by Crippen LogP contribution is -2.62. The average molecular weight is 253 g/mol. The lowest BCUT2D eigenvalue weighted by molar-refractivity contribution is -0.143. The predicted octanol–water partition coefficient (Wildman–Crippen LogP) is 0.241. The Morgan fingerprint density at radius 2 is 2.06 bits per heavy atom. The highest BCUT2D eigenvalue weighted by molar-refractivity contribution is 6.01. The molecule has 18 heavy (non-hydrogen) atoms. The van der Waals surface area contributed by atoms with Gasteiger partial charge < -0.3 is 5.73 Å². The van der Waals surface area contributed by atoms with Crippen molar-refractivity contribution >= 4 is 11.8 Å². The molecule has 2 fully saturated rings. The van der Waals surface area contributed by atoms with Gasteiger partial charge in [0, 0.05) is 6.04 Å². The normalized spacial score (nSPS) is 34.4. The van der Waals surface area contributed by atoms with Crippen LogP contribution in [0.1, 0.15) is 39.0 Å². The summed E-state index contributed by atoms with van der Waals surface area (Å²) in [5, 5.41) is 2.43. The second-order valence-electron chi connectivity index (χ2n) is 5.36. The Morgan fingerprint density at radius 3 is 2.72 bits per heavy atom. The van der Waals surface area contributed by atoms with Crippen LogP contribution in [-0.2, 0) is 9.59 Å². The van der Waals surface area contributed by atoms with Crippen LogP contribution in [0.15, 0.2) is 0 Å². The number of nitrogens with one attached hydrogen (secondary N) is 1. The first-order chi connectivity index (χ1) is 8.67. The molecule has 1 saturated carbocycles. The van der Waals surface area contributed by atoms with Crippen LogP contribution in [-0.4, -0.2) is 41.9 Å². The Hall–Kier alpha value is -0.940. The summed E-state index contributed by atoms with van der Waals surface area (Å²) < 4.78 is 0. The molecule has 1 saturated heterocycles. The number of amides is 2. The van der Waals surface area contributed by atoms with Crippen molar-refractivity contribution in [3.05, 3.63) is 0 Å². The van der Waals surface area contributed by atoms with Gasteiger partial charge in [-0.3, -0.25) is 19.8 Å². The third-order valence-electron chi connectivity index (χ3n) is 4.28. The van der Waals surface area contributed by atoms with Crippen molar-refractivity contribution in [2.75, 3.05) is 13.1 Å². The minimum atomic E-state index is -0.175. The fourth-order valence-corrected chi connectivity index (χ4v) is 3.35. The summed E-state index contributed by atoms with van der Waals surface area (Å²) in [6.07, 6.45) is 5.29. The average Bonchev–Trinajstić information content (AvgIpc) is 2.38. The number of hydrogen-bond donors (Lipinski definition) is 2. The molecule has 0 radical (unpaired) electrons. The van der Waals surface area contributed by atoms with E-state index in [0.29, 0.717) is 25.0 Å². The molecule has 3 unspecified atom stereocenters. The minimum absolute atomic E-state index is 0.143. The molecule has 1 aliphatic carbocycles. The molecule has 3 N–H and O–H groups in total. The summed E-state index contributed by atoms with van der Waals surface area (Å²) in [6, 6.07) is 0.128. The zero-order chi connectivity index (χ0) is 13.1. The summed E-state index contributed by atoms with van der Waals surface area (Å²) >= 11 is 0. The highest BCUT2D eigenvalue weighted by atomic mass is 16.2. The van der Waals surface area contributed by atoms with Gasteiger partial charge in [0.1, 0.15) is 0 Å². The van der Waals surface area contributed by atoms with E-state index in [0.717, 1.165) is 19.3 Å². The van der Waals surface area contributed by atoms with Crippen LogP contribution in [0.5, 0.6) is 0 Å². The maximum absolute atomic E-state index is 11.9. The molecule has 102 valence electrons. The Bertz CT molecular complexity index is 332. The van der Waals surface area contributed by atoms with E-state index >= 15 is 0 Å². The van der Waals surface area contributed by atoms with Gasteiger partial charge in [0.25, 0.3) is 0 Å². The largest absolute Gasteiger partial charge is 0.330 e. The van der Waals surface area contributed by atoms with E-state index in [1.807, 2.05) is 6.92 Å². The summed E-state index contributed by atoms with van der Waals surface area (Å²) in [7, 11) is 0. The number of carbonyl (C=O) groups excluding carboxylic acids is 2. The Labute approximate surface area is 108 Å². The van der Waals surface area contributed by atoms with E-state index in [1.54, 1.807) is 0 Å². The van der Waals surface area contributed by atoms with Crippen LogP contribution in [0.3, 0.4) is 0 Å². The third kappa shape index (κ3) is 2.57. The fourth-order valence-electron chi connectivity index (χ4n) is 3.35. The third-order valence-corrected chi connectivity index (χ3v) is 4.28. The Kier molecular flexibility index (Phi) is 4.35. The van der Waals surface area contributed by atoms with Gasteiger partial charge in [-0.2, -0.15) is 0 Å². The Morgan fingerprint density at radius 1 is 1.33 bits per heavy atom. The number of hydrogen-bond acceptors (Lipinski definition) is 4. The molecule has 5 heteroatoms. The van der Waals surface area contributed by atoms with Gasteiger partial charge in [0.2, 0.25) is 11.8 Å². The van der Waals surface area contributed by atoms with E-state index in [4.69, 9.17) is 5.73 Å². The molecule has 0 aromatic rings. The molecule has 0 aromatic carbocycles. The van der Waals surface area contributed by atoms with Crippen molar-refractivity contribution in [2.24, 2.45) is 11.7 Å². The number of rotatable bonds is 3. The topological polar surface area (TPSA) is 75.4 Å². The second-order valence-corrected chi connectivity index (χ2v) is 5.36. The van der Waals surface area contributed by atoms with Crippen LogP contribution in [0.4, 0.5) is 0 Å². The molecule has 5 nitrogen and oxygen atoms in total. The smallest absolute Gasteiger partial charge is 0.243 e. The van der Waals surface area contributed by atoms with Gasteiger partial charge in [0.05, 0.1) is 12.6 Å². The van der Waals surface area contributed by atoms with Crippen molar-refractivity contribution in [2.45, 2.75) is 51.1 Å². The first-order valence-electron chi connectivity index (χ1n) is 6.96. The lowest BCUT2D eigenvalue weighted by atomic mass is 9.82. The molecule has 2 amide bonds. The van der Waals surface area contributed by atoms with Crippen LogP contribution in [0, 0.1) is 5.92 Å². The predicted molar refractivity (Wildman–Crippen MR) is 68.7 cm³/mol. The molecule has 1 heterocycles. The van der Waals surface area contributed by atoms with Gasteiger partial charge in [-0.15, -0.1) is 0 Å². The van der Waals surface area contributed by atoms with Gasteiger partial charge in [-0.25, -0.2) is 0 Å². The van der Waals surface area contributed by atoms with Crippen LogP contribution in [0.25, 0.3) is 0 Å². The van der Waals surface area contributed by atoms with Crippen LogP contribution in [0.2, 0.25) is 0 Å². The number of imide groups is 1. The first-order valence-corrected chi connectivity index (χ1v) is 6.96. The molecule has 0 spiro atoms. The first kappa shape index (κ1) is 13.5. The summed E-state index contributed by atoms with van der Waals surface area (Å²) in [6.45, 7) is 2.98. The number of piperazine rings is 1. The van der Waals surface area contributed by atoms with Gasteiger partial charge in [-0.1, -0.05) is 19.8 Å². The van der Waals surface area contributed by atoms with Crippen molar-refractivity contribution in [1.29, 1.82) is 0 Å². The molecule has 1 aliphatic heterocycles. The van der Waals surface area contributed by atoms with E-state index < -0.39 is 0 Å². The van der Waals surface area contributed by atoms with Gasteiger partial charge in [0.15, 0.2) is 0 Å². The van der Waals surface area contributed by atoms with Crippen molar-refractivity contribution in [3.63, 3.8) is 0 Å².